The van der Waals surface area contributed by atoms with Gasteiger partial charge in [0.15, 0.2) is 0 Å². The number of rotatable bonds is 3. The molecule has 0 radical (unpaired) electrons. The number of fused-ring (bicyclic) bond motifs is 2. The summed E-state index contributed by atoms with van der Waals surface area (Å²) in [6.07, 6.45) is 27.6. The predicted molar refractivity (Wildman–Crippen MR) is 131 cm³/mol. The second-order valence-electron chi connectivity index (χ2n) is 12.9. The Morgan fingerprint density at radius 3 is 1.83 bits per heavy atom. The minimum atomic E-state index is -0.532. The lowest BCUT2D eigenvalue weighted by molar-refractivity contribution is 0.0994. The van der Waals surface area contributed by atoms with Gasteiger partial charge in [0.05, 0.1) is 0 Å². The Morgan fingerprint density at radius 2 is 1.03 bits per heavy atom. The van der Waals surface area contributed by atoms with Gasteiger partial charge in [0.1, 0.15) is 0 Å². The summed E-state index contributed by atoms with van der Waals surface area (Å²) in [6.45, 7) is 5.37. The van der Waals surface area contributed by atoms with Crippen molar-refractivity contribution in [1.29, 1.82) is 0 Å². The molecule has 29 heavy (non-hydrogen) atoms. The highest BCUT2D eigenvalue weighted by molar-refractivity contribution is 8.33. The highest BCUT2D eigenvalue weighted by Crippen LogP contribution is 2.70. The van der Waals surface area contributed by atoms with Crippen molar-refractivity contribution in [3.8, 4) is 0 Å². The minimum absolute atomic E-state index is 0.532. The van der Waals surface area contributed by atoms with Crippen molar-refractivity contribution in [2.24, 2.45) is 47.3 Å². The lowest BCUT2D eigenvalue weighted by Crippen LogP contribution is -2.41. The standard InChI is InChI=1S/C28H50S/c1-19-17-22-13-8-9-14-24(22)27(19)29(3,4)28-20(2)18-26-23(15-10-16-25(26)28)21-11-6-5-7-12-21/h19-28H,5-18H2,1-4H3/t19-,20+,22?,23-,24?,25?,26?,27?,28?/m1/s1. The molecule has 0 aromatic heterocycles. The van der Waals surface area contributed by atoms with Crippen LogP contribution in [0.15, 0.2) is 0 Å². The van der Waals surface area contributed by atoms with Gasteiger partial charge < -0.3 is 0 Å². The number of hydrogen-bond acceptors (Lipinski definition) is 0. The van der Waals surface area contributed by atoms with E-state index in [0.717, 1.165) is 57.8 Å². The van der Waals surface area contributed by atoms with Gasteiger partial charge in [-0.25, -0.2) is 10.0 Å². The Bertz CT molecular complexity index is 561. The van der Waals surface area contributed by atoms with E-state index in [-0.39, 0.29) is 0 Å². The first-order valence-corrected chi connectivity index (χ1v) is 16.3. The maximum absolute atomic E-state index is 2.85. The normalized spacial score (nSPS) is 49.6. The van der Waals surface area contributed by atoms with Crippen LogP contribution in [0.4, 0.5) is 0 Å². The molecule has 0 amide bonds. The summed E-state index contributed by atoms with van der Waals surface area (Å²) < 4.78 is 0. The van der Waals surface area contributed by atoms with Crippen LogP contribution in [0.2, 0.25) is 0 Å². The Hall–Kier alpha value is 0.350. The average molecular weight is 419 g/mol. The van der Waals surface area contributed by atoms with Gasteiger partial charge >= 0.3 is 0 Å². The van der Waals surface area contributed by atoms with Gasteiger partial charge in [0, 0.05) is 0 Å². The van der Waals surface area contributed by atoms with Crippen LogP contribution in [0.1, 0.15) is 104 Å². The highest BCUT2D eigenvalue weighted by Gasteiger charge is 2.56. The van der Waals surface area contributed by atoms with Crippen molar-refractivity contribution in [2.75, 3.05) is 12.5 Å². The van der Waals surface area contributed by atoms with Crippen molar-refractivity contribution in [1.82, 2.24) is 0 Å². The van der Waals surface area contributed by atoms with Crippen LogP contribution in [0.25, 0.3) is 0 Å². The molecule has 1 heteroatoms. The molecule has 6 unspecified atom stereocenters. The maximum Gasteiger partial charge on any atom is -0.00572 e. The fraction of sp³-hybridized carbons (Fsp3) is 1.00. The zero-order valence-electron chi connectivity index (χ0n) is 20.1. The van der Waals surface area contributed by atoms with E-state index in [9.17, 15) is 0 Å². The summed E-state index contributed by atoms with van der Waals surface area (Å²) in [5, 5.41) is 2.18. The maximum atomic E-state index is 2.85. The van der Waals surface area contributed by atoms with Gasteiger partial charge in [0.25, 0.3) is 0 Å². The highest BCUT2D eigenvalue weighted by atomic mass is 32.3. The zero-order chi connectivity index (χ0) is 20.2. The van der Waals surface area contributed by atoms with Crippen LogP contribution in [0.3, 0.4) is 0 Å². The second-order valence-corrected chi connectivity index (χ2v) is 16.9. The zero-order valence-corrected chi connectivity index (χ0v) is 20.9. The summed E-state index contributed by atoms with van der Waals surface area (Å²) >= 11 is 0. The quantitative estimate of drug-likeness (QED) is 0.432. The molecule has 168 valence electrons. The smallest absolute Gasteiger partial charge is 0.00572 e. The topological polar surface area (TPSA) is 0 Å². The summed E-state index contributed by atoms with van der Waals surface area (Å²) in [4.78, 5) is 0. The third kappa shape index (κ3) is 3.66. The molecule has 5 aliphatic rings. The monoisotopic (exact) mass is 418 g/mol. The molecule has 9 atom stereocenters. The fourth-order valence-electron chi connectivity index (χ4n) is 10.5. The Kier molecular flexibility index (Phi) is 6.12. The van der Waals surface area contributed by atoms with Crippen LogP contribution < -0.4 is 0 Å². The van der Waals surface area contributed by atoms with Crippen molar-refractivity contribution >= 4 is 10.0 Å². The second kappa shape index (κ2) is 8.37. The van der Waals surface area contributed by atoms with Crippen molar-refractivity contribution < 1.29 is 0 Å². The first kappa shape index (κ1) is 21.2. The average Bonchev–Trinajstić information content (AvgIpc) is 3.24. The van der Waals surface area contributed by atoms with E-state index in [2.05, 4.69) is 26.4 Å². The van der Waals surface area contributed by atoms with E-state index >= 15 is 0 Å². The molecule has 0 spiro atoms. The molecular weight excluding hydrogens is 368 g/mol. The molecule has 5 fully saturated rings. The van der Waals surface area contributed by atoms with Gasteiger partial charge in [-0.05, 0) is 102 Å². The molecule has 0 nitrogen and oxygen atoms in total. The summed E-state index contributed by atoms with van der Waals surface area (Å²) in [7, 11) is -0.532. The van der Waals surface area contributed by atoms with E-state index < -0.39 is 10.0 Å². The van der Waals surface area contributed by atoms with E-state index in [1.807, 2.05) is 0 Å². The van der Waals surface area contributed by atoms with Crippen LogP contribution in [-0.4, -0.2) is 23.0 Å². The predicted octanol–water partition coefficient (Wildman–Crippen LogP) is 8.29. The Labute approximate surface area is 184 Å². The SMILES string of the molecule is C[C@@H]1CC2CCCCC2C1S(C)(C)C1C2CCC[C@H](C3CCCCC3)C2C[C@@H]1C. The van der Waals surface area contributed by atoms with Crippen molar-refractivity contribution in [3.63, 3.8) is 0 Å². The van der Waals surface area contributed by atoms with E-state index in [1.54, 1.807) is 57.8 Å². The first-order chi connectivity index (χ1) is 14.0. The van der Waals surface area contributed by atoms with E-state index in [4.69, 9.17) is 0 Å². The van der Waals surface area contributed by atoms with E-state index in [1.165, 1.54) is 32.1 Å². The third-order valence-corrected chi connectivity index (χ3v) is 15.5. The molecule has 0 aromatic rings. The lowest BCUT2D eigenvalue weighted by Gasteiger charge is -2.54. The van der Waals surface area contributed by atoms with Gasteiger partial charge in [0.2, 0.25) is 0 Å². The summed E-state index contributed by atoms with van der Waals surface area (Å²) in [6, 6.07) is 0. The minimum Gasteiger partial charge on any atom is -0.240 e. The van der Waals surface area contributed by atoms with Gasteiger partial charge in [-0.3, -0.25) is 0 Å². The molecular formula is C28H50S. The molecule has 5 saturated carbocycles. The Morgan fingerprint density at radius 1 is 0.483 bits per heavy atom. The molecule has 0 saturated heterocycles. The van der Waals surface area contributed by atoms with Crippen LogP contribution in [0, 0.1) is 47.3 Å². The Balaban J connectivity index is 1.38. The number of hydrogen-bond donors (Lipinski definition) is 0. The lowest BCUT2D eigenvalue weighted by atomic mass is 9.65. The third-order valence-electron chi connectivity index (χ3n) is 11.1. The fourth-order valence-corrected chi connectivity index (χ4v) is 16.0. The largest absolute Gasteiger partial charge is 0.240 e. The van der Waals surface area contributed by atoms with Crippen LogP contribution >= 0.6 is 10.0 Å². The molecule has 0 heterocycles. The van der Waals surface area contributed by atoms with Gasteiger partial charge in [-0.1, -0.05) is 71.6 Å². The van der Waals surface area contributed by atoms with Crippen LogP contribution in [-0.2, 0) is 0 Å². The van der Waals surface area contributed by atoms with E-state index in [0.29, 0.717) is 0 Å². The molecule has 0 bridgehead atoms. The first-order valence-electron chi connectivity index (χ1n) is 13.7. The van der Waals surface area contributed by atoms with Gasteiger partial charge in [-0.15, -0.1) is 0 Å². The van der Waals surface area contributed by atoms with Crippen molar-refractivity contribution in [3.05, 3.63) is 0 Å². The molecule has 0 N–H and O–H groups in total. The van der Waals surface area contributed by atoms with Gasteiger partial charge in [-0.2, -0.15) is 0 Å². The summed E-state index contributed by atoms with van der Waals surface area (Å²) in [5.74, 6) is 8.65. The van der Waals surface area contributed by atoms with Crippen LogP contribution in [0.5, 0.6) is 0 Å². The molecule has 0 aromatic carbocycles. The molecule has 5 aliphatic carbocycles. The molecule has 5 rings (SSSR count). The summed E-state index contributed by atoms with van der Waals surface area (Å²) in [5.41, 5.74) is 0. The van der Waals surface area contributed by atoms with Crippen molar-refractivity contribution in [2.45, 2.75) is 114 Å². The molecule has 0 aliphatic heterocycles.